The van der Waals surface area contributed by atoms with Gasteiger partial charge in [0.2, 0.25) is 0 Å². The van der Waals surface area contributed by atoms with Crippen LogP contribution in [0.1, 0.15) is 5.69 Å². The second-order valence-electron chi connectivity index (χ2n) is 3.38. The van der Waals surface area contributed by atoms with Crippen LogP contribution in [0.25, 0.3) is 0 Å². The lowest BCUT2D eigenvalue weighted by molar-refractivity contribution is -0.198. The van der Waals surface area contributed by atoms with Crippen molar-refractivity contribution < 1.29 is 27.8 Å². The lowest BCUT2D eigenvalue weighted by Crippen LogP contribution is -2.35. The molecule has 0 radical (unpaired) electrons. The molecule has 1 N–H and O–H groups in total. The second-order valence-corrected chi connectivity index (χ2v) is 3.38. The summed E-state index contributed by atoms with van der Waals surface area (Å²) in [5.41, 5.74) is 0.683. The first-order chi connectivity index (χ1) is 7.80. The van der Waals surface area contributed by atoms with Gasteiger partial charge in [0.15, 0.2) is 5.92 Å². The molecule has 1 heterocycles. The highest BCUT2D eigenvalue weighted by Crippen LogP contribution is 2.27. The Morgan fingerprint density at radius 2 is 2.18 bits per heavy atom. The number of alkyl halides is 3. The molecule has 1 rings (SSSR count). The van der Waals surface area contributed by atoms with Crippen molar-refractivity contribution in [2.75, 3.05) is 6.61 Å². The molecule has 0 aliphatic heterocycles. The first-order valence-corrected chi connectivity index (χ1v) is 4.65. The van der Waals surface area contributed by atoms with Gasteiger partial charge in [-0.2, -0.15) is 13.2 Å². The maximum absolute atomic E-state index is 12.3. The third-order valence-electron chi connectivity index (χ3n) is 1.99. The van der Waals surface area contributed by atoms with E-state index < -0.39 is 24.7 Å². The van der Waals surface area contributed by atoms with E-state index in [1.807, 2.05) is 0 Å². The number of aromatic nitrogens is 1. The molecule has 4 nitrogen and oxygen atoms in total. The average Bonchev–Trinajstić information content (AvgIpc) is 2.18. The molecule has 0 aliphatic carbocycles. The highest BCUT2D eigenvalue weighted by Gasteiger charge is 2.45. The van der Waals surface area contributed by atoms with Gasteiger partial charge in [0, 0.05) is 5.69 Å². The largest absolute Gasteiger partial charge is 0.491 e. The van der Waals surface area contributed by atoms with Gasteiger partial charge in [0.05, 0.1) is 6.20 Å². The molecule has 0 saturated heterocycles. The Morgan fingerprint density at radius 1 is 1.53 bits per heavy atom. The lowest BCUT2D eigenvalue weighted by Gasteiger charge is -2.16. The molecule has 17 heavy (non-hydrogen) atoms. The number of aliphatic carboxylic acids is 1. The number of hydrogen-bond acceptors (Lipinski definition) is 3. The van der Waals surface area contributed by atoms with Crippen molar-refractivity contribution in [2.45, 2.75) is 13.1 Å². The lowest BCUT2D eigenvalue weighted by atomic mass is 10.1. The number of nitrogens with zero attached hydrogens (tertiary/aromatic N) is 1. The third kappa shape index (κ3) is 3.93. The summed E-state index contributed by atoms with van der Waals surface area (Å²) in [5.74, 6) is -4.40. The van der Waals surface area contributed by atoms with Gasteiger partial charge < -0.3 is 9.84 Å². The molecule has 0 amide bonds. The van der Waals surface area contributed by atoms with Gasteiger partial charge in [0.25, 0.3) is 0 Å². The fourth-order valence-corrected chi connectivity index (χ4v) is 1.02. The van der Waals surface area contributed by atoms with Crippen LogP contribution in [0.2, 0.25) is 0 Å². The van der Waals surface area contributed by atoms with Gasteiger partial charge in [-0.3, -0.25) is 9.78 Å². The zero-order valence-corrected chi connectivity index (χ0v) is 8.86. The number of halogens is 3. The highest BCUT2D eigenvalue weighted by atomic mass is 19.4. The predicted octanol–water partition coefficient (Wildman–Crippen LogP) is 2.03. The molecule has 1 unspecified atom stereocenters. The summed E-state index contributed by atoms with van der Waals surface area (Å²) >= 11 is 0. The molecule has 0 bridgehead atoms. The van der Waals surface area contributed by atoms with Gasteiger partial charge in [0.1, 0.15) is 12.4 Å². The molecule has 7 heteroatoms. The number of carbonyl (C=O) groups is 1. The van der Waals surface area contributed by atoms with Crippen molar-refractivity contribution >= 4 is 5.97 Å². The van der Waals surface area contributed by atoms with Crippen LogP contribution in [-0.2, 0) is 4.79 Å². The minimum atomic E-state index is -4.83. The van der Waals surface area contributed by atoms with E-state index in [4.69, 9.17) is 9.84 Å². The van der Waals surface area contributed by atoms with E-state index in [1.165, 1.54) is 12.3 Å². The molecule has 0 aliphatic rings. The van der Waals surface area contributed by atoms with E-state index in [-0.39, 0.29) is 5.75 Å². The van der Waals surface area contributed by atoms with Crippen LogP contribution in [0.5, 0.6) is 5.75 Å². The SMILES string of the molecule is Cc1ccc(OCC(C(=O)O)C(F)(F)F)cn1. The Morgan fingerprint density at radius 3 is 2.59 bits per heavy atom. The van der Waals surface area contributed by atoms with Crippen molar-refractivity contribution in [1.29, 1.82) is 0 Å². The molecule has 1 aromatic rings. The molecule has 1 atom stereocenters. The number of carboxylic acid groups (broad SMARTS) is 1. The van der Waals surface area contributed by atoms with E-state index in [0.29, 0.717) is 5.69 Å². The summed E-state index contributed by atoms with van der Waals surface area (Å²) in [6.07, 6.45) is -3.59. The third-order valence-corrected chi connectivity index (χ3v) is 1.99. The zero-order chi connectivity index (χ0) is 13.1. The van der Waals surface area contributed by atoms with Crippen LogP contribution >= 0.6 is 0 Å². The molecular weight excluding hydrogens is 239 g/mol. The van der Waals surface area contributed by atoms with Crippen molar-refractivity contribution in [3.05, 3.63) is 24.0 Å². The fourth-order valence-electron chi connectivity index (χ4n) is 1.02. The molecule has 0 aromatic carbocycles. The molecular formula is C10H10F3NO3. The molecule has 0 spiro atoms. The van der Waals surface area contributed by atoms with Gasteiger partial charge in [-0.15, -0.1) is 0 Å². The van der Waals surface area contributed by atoms with Gasteiger partial charge in [-0.05, 0) is 19.1 Å². The Hall–Kier alpha value is -1.79. The van der Waals surface area contributed by atoms with Crippen molar-refractivity contribution in [3.63, 3.8) is 0 Å². The van der Waals surface area contributed by atoms with Gasteiger partial charge in [-0.25, -0.2) is 0 Å². The summed E-state index contributed by atoms with van der Waals surface area (Å²) in [6.45, 7) is 0.739. The number of pyridine rings is 1. The Kier molecular flexibility index (Phi) is 3.93. The summed E-state index contributed by atoms with van der Waals surface area (Å²) < 4.78 is 41.5. The minimum absolute atomic E-state index is 0.103. The van der Waals surface area contributed by atoms with Crippen LogP contribution < -0.4 is 4.74 Å². The number of aryl methyl sites for hydroxylation is 1. The van der Waals surface area contributed by atoms with E-state index in [0.717, 1.165) is 0 Å². The predicted molar refractivity (Wildman–Crippen MR) is 51.6 cm³/mol. The highest BCUT2D eigenvalue weighted by molar-refractivity contribution is 5.71. The van der Waals surface area contributed by atoms with E-state index in [1.54, 1.807) is 13.0 Å². The van der Waals surface area contributed by atoms with Crippen LogP contribution in [0.3, 0.4) is 0 Å². The quantitative estimate of drug-likeness (QED) is 0.886. The molecule has 0 saturated carbocycles. The maximum Gasteiger partial charge on any atom is 0.405 e. The summed E-state index contributed by atoms with van der Waals surface area (Å²) in [6, 6.07) is 2.98. The van der Waals surface area contributed by atoms with Gasteiger partial charge in [-0.1, -0.05) is 0 Å². The average molecular weight is 249 g/mol. The Labute approximate surface area is 95.0 Å². The molecule has 1 aromatic heterocycles. The normalized spacial score (nSPS) is 13.2. The Balaban J connectivity index is 2.65. The topological polar surface area (TPSA) is 59.4 Å². The monoisotopic (exact) mass is 249 g/mol. The number of hydrogen-bond donors (Lipinski definition) is 1. The van der Waals surface area contributed by atoms with Crippen molar-refractivity contribution in [3.8, 4) is 5.75 Å². The minimum Gasteiger partial charge on any atom is -0.491 e. The van der Waals surface area contributed by atoms with Crippen LogP contribution in [-0.4, -0.2) is 28.8 Å². The summed E-state index contributed by atoms with van der Waals surface area (Å²) in [7, 11) is 0. The first-order valence-electron chi connectivity index (χ1n) is 4.65. The van der Waals surface area contributed by atoms with Crippen LogP contribution in [0.15, 0.2) is 18.3 Å². The Bertz CT molecular complexity index is 389. The fraction of sp³-hybridized carbons (Fsp3) is 0.400. The second kappa shape index (κ2) is 5.03. The van der Waals surface area contributed by atoms with Crippen LogP contribution in [0.4, 0.5) is 13.2 Å². The number of rotatable bonds is 4. The molecule has 94 valence electrons. The van der Waals surface area contributed by atoms with E-state index >= 15 is 0 Å². The zero-order valence-electron chi connectivity index (χ0n) is 8.86. The first kappa shape index (κ1) is 13.3. The standard InChI is InChI=1S/C10H10F3NO3/c1-6-2-3-7(4-14-6)17-5-8(9(15)16)10(11,12)13/h2-4,8H,5H2,1H3,(H,15,16). The smallest absolute Gasteiger partial charge is 0.405 e. The van der Waals surface area contributed by atoms with Crippen LogP contribution in [0, 0.1) is 12.8 Å². The summed E-state index contributed by atoms with van der Waals surface area (Å²) in [5, 5.41) is 8.42. The maximum atomic E-state index is 12.3. The van der Waals surface area contributed by atoms with Gasteiger partial charge >= 0.3 is 12.1 Å². The van der Waals surface area contributed by atoms with E-state index in [9.17, 15) is 18.0 Å². The molecule has 0 fully saturated rings. The number of carboxylic acids is 1. The van der Waals surface area contributed by atoms with E-state index in [2.05, 4.69) is 4.98 Å². The van der Waals surface area contributed by atoms with Crippen molar-refractivity contribution in [1.82, 2.24) is 4.98 Å². The van der Waals surface area contributed by atoms with Crippen molar-refractivity contribution in [2.24, 2.45) is 5.92 Å². The number of ether oxygens (including phenoxy) is 1. The summed E-state index contributed by atoms with van der Waals surface area (Å²) in [4.78, 5) is 14.2.